The fraction of sp³-hybridized carbons (Fsp3) is 0.200. The van der Waals surface area contributed by atoms with E-state index in [-0.39, 0.29) is 28.6 Å². The average molecular weight is 398 g/mol. The molecule has 0 saturated heterocycles. The normalized spacial score (nSPS) is 10.5. The summed E-state index contributed by atoms with van der Waals surface area (Å²) in [6.45, 7) is 4.92. The molecule has 0 unspecified atom stereocenters. The average Bonchev–Trinajstić information content (AvgIpc) is 3.28. The van der Waals surface area contributed by atoms with Gasteiger partial charge in [0.05, 0.1) is 17.0 Å². The Labute approximate surface area is 165 Å². The predicted molar refractivity (Wildman–Crippen MR) is 105 cm³/mol. The van der Waals surface area contributed by atoms with Gasteiger partial charge >= 0.3 is 5.97 Å². The van der Waals surface area contributed by atoms with Crippen LogP contribution in [0.25, 0.3) is 11.3 Å². The zero-order valence-corrected chi connectivity index (χ0v) is 16.4. The van der Waals surface area contributed by atoms with Crippen molar-refractivity contribution in [3.05, 3.63) is 58.1 Å². The number of aromatic nitrogens is 1. The van der Waals surface area contributed by atoms with Gasteiger partial charge in [-0.05, 0) is 26.3 Å². The lowest BCUT2D eigenvalue weighted by Crippen LogP contribution is -2.15. The maximum atomic E-state index is 12.6. The highest BCUT2D eigenvalue weighted by atomic mass is 32.1. The topological polar surface area (TPSA) is 98.5 Å². The van der Waals surface area contributed by atoms with Crippen LogP contribution in [0.3, 0.4) is 0 Å². The molecule has 8 heteroatoms. The van der Waals surface area contributed by atoms with Crippen molar-refractivity contribution in [1.29, 1.82) is 0 Å². The van der Waals surface area contributed by atoms with Crippen LogP contribution in [0.2, 0.25) is 0 Å². The standard InChI is InChI=1S/C20H18N2O5S/c1-4-26-20(25)16-11(2)17(12(3)23)28-19(16)21-18(24)14-10-15(27-22-14)13-8-6-5-7-9-13/h5-10H,4H2,1-3H3,(H,21,24). The maximum absolute atomic E-state index is 12.6. The van der Waals surface area contributed by atoms with Crippen LogP contribution >= 0.6 is 11.3 Å². The second kappa shape index (κ2) is 8.18. The highest BCUT2D eigenvalue weighted by Crippen LogP contribution is 2.34. The first-order valence-electron chi connectivity index (χ1n) is 8.57. The van der Waals surface area contributed by atoms with Crippen LogP contribution in [0.1, 0.15) is 49.9 Å². The molecule has 3 rings (SSSR count). The van der Waals surface area contributed by atoms with E-state index < -0.39 is 11.9 Å². The zero-order valence-electron chi connectivity index (χ0n) is 15.6. The lowest BCUT2D eigenvalue weighted by molar-refractivity contribution is 0.0527. The second-order valence-electron chi connectivity index (χ2n) is 5.93. The molecule has 2 aromatic heterocycles. The second-order valence-corrected chi connectivity index (χ2v) is 6.95. The van der Waals surface area contributed by atoms with Gasteiger partial charge in [0.15, 0.2) is 17.2 Å². The van der Waals surface area contributed by atoms with Gasteiger partial charge in [-0.15, -0.1) is 11.3 Å². The van der Waals surface area contributed by atoms with Crippen LogP contribution < -0.4 is 5.32 Å². The molecular formula is C20H18N2O5S. The lowest BCUT2D eigenvalue weighted by Gasteiger charge is -2.05. The third-order valence-corrected chi connectivity index (χ3v) is 5.28. The first-order valence-corrected chi connectivity index (χ1v) is 9.39. The summed E-state index contributed by atoms with van der Waals surface area (Å²) in [5, 5.41) is 6.70. The molecule has 3 aromatic rings. The van der Waals surface area contributed by atoms with Crippen molar-refractivity contribution >= 4 is 34.0 Å². The molecule has 2 heterocycles. The smallest absolute Gasteiger partial charge is 0.341 e. The molecule has 0 aliphatic heterocycles. The summed E-state index contributed by atoms with van der Waals surface area (Å²) >= 11 is 1.03. The number of benzene rings is 1. The van der Waals surface area contributed by atoms with E-state index in [4.69, 9.17) is 9.26 Å². The molecule has 0 atom stereocenters. The Hall–Kier alpha value is -3.26. The van der Waals surface area contributed by atoms with Crippen LogP contribution in [0.5, 0.6) is 0 Å². The van der Waals surface area contributed by atoms with E-state index in [1.54, 1.807) is 13.8 Å². The van der Waals surface area contributed by atoms with Crippen molar-refractivity contribution in [2.24, 2.45) is 0 Å². The number of Topliss-reactive ketones (excluding diaryl/α,β-unsaturated/α-hetero) is 1. The fourth-order valence-electron chi connectivity index (χ4n) is 2.67. The Morgan fingerprint density at radius 1 is 1.21 bits per heavy atom. The number of amides is 1. The van der Waals surface area contributed by atoms with Crippen molar-refractivity contribution in [3.63, 3.8) is 0 Å². The monoisotopic (exact) mass is 398 g/mol. The van der Waals surface area contributed by atoms with Crippen molar-refractivity contribution in [1.82, 2.24) is 5.16 Å². The molecule has 1 aromatic carbocycles. The molecule has 7 nitrogen and oxygen atoms in total. The zero-order chi connectivity index (χ0) is 20.3. The summed E-state index contributed by atoms with van der Waals surface area (Å²) in [6.07, 6.45) is 0. The number of thiophene rings is 1. The molecule has 0 aliphatic carbocycles. The summed E-state index contributed by atoms with van der Waals surface area (Å²) in [5.41, 5.74) is 1.50. The number of nitrogens with one attached hydrogen (secondary N) is 1. The van der Waals surface area contributed by atoms with E-state index in [2.05, 4.69) is 10.5 Å². The summed E-state index contributed by atoms with van der Waals surface area (Å²) in [4.78, 5) is 37.2. The van der Waals surface area contributed by atoms with Gasteiger partial charge in [-0.1, -0.05) is 35.5 Å². The molecule has 0 radical (unpaired) electrons. The number of carbonyl (C=O) groups excluding carboxylic acids is 3. The third-order valence-electron chi connectivity index (χ3n) is 3.97. The molecule has 0 aliphatic rings. The summed E-state index contributed by atoms with van der Waals surface area (Å²) in [5.74, 6) is -0.887. The van der Waals surface area contributed by atoms with Gasteiger partial charge in [0, 0.05) is 11.6 Å². The maximum Gasteiger partial charge on any atom is 0.341 e. The van der Waals surface area contributed by atoms with Gasteiger partial charge < -0.3 is 14.6 Å². The first-order chi connectivity index (χ1) is 13.4. The Kier molecular flexibility index (Phi) is 5.70. The number of ether oxygens (including phenoxy) is 1. The number of anilines is 1. The largest absolute Gasteiger partial charge is 0.462 e. The quantitative estimate of drug-likeness (QED) is 0.490. The minimum atomic E-state index is -0.593. The Morgan fingerprint density at radius 2 is 1.93 bits per heavy atom. The van der Waals surface area contributed by atoms with Crippen LogP contribution in [0.15, 0.2) is 40.9 Å². The van der Waals surface area contributed by atoms with Crippen molar-refractivity contribution in [3.8, 4) is 11.3 Å². The number of hydrogen-bond donors (Lipinski definition) is 1. The molecular weight excluding hydrogens is 380 g/mol. The van der Waals surface area contributed by atoms with Gasteiger partial charge in [-0.3, -0.25) is 9.59 Å². The minimum Gasteiger partial charge on any atom is -0.462 e. The number of ketones is 1. The molecule has 144 valence electrons. The van der Waals surface area contributed by atoms with E-state index in [1.165, 1.54) is 13.0 Å². The summed E-state index contributed by atoms with van der Waals surface area (Å²) in [6, 6.07) is 10.8. The van der Waals surface area contributed by atoms with Gasteiger partial charge in [0.1, 0.15) is 5.00 Å². The Morgan fingerprint density at radius 3 is 2.57 bits per heavy atom. The van der Waals surface area contributed by atoms with Crippen LogP contribution in [0.4, 0.5) is 5.00 Å². The number of carbonyl (C=O) groups is 3. The van der Waals surface area contributed by atoms with Crippen LogP contribution in [-0.2, 0) is 4.74 Å². The Bertz CT molecular complexity index is 1040. The number of hydrogen-bond acceptors (Lipinski definition) is 7. The Balaban J connectivity index is 1.90. The summed E-state index contributed by atoms with van der Waals surface area (Å²) in [7, 11) is 0. The molecule has 0 fully saturated rings. The number of esters is 1. The molecule has 1 N–H and O–H groups in total. The van der Waals surface area contributed by atoms with E-state index in [0.717, 1.165) is 16.9 Å². The van der Waals surface area contributed by atoms with Gasteiger partial charge in [-0.2, -0.15) is 0 Å². The SMILES string of the molecule is CCOC(=O)c1c(NC(=O)c2cc(-c3ccccc3)on2)sc(C(C)=O)c1C. The first kappa shape index (κ1) is 19.5. The summed E-state index contributed by atoms with van der Waals surface area (Å²) < 4.78 is 10.3. The van der Waals surface area contributed by atoms with Crippen molar-refractivity contribution in [2.45, 2.75) is 20.8 Å². The van der Waals surface area contributed by atoms with E-state index in [0.29, 0.717) is 16.2 Å². The molecule has 0 spiro atoms. The van der Waals surface area contributed by atoms with Gasteiger partial charge in [0.25, 0.3) is 5.91 Å². The predicted octanol–water partition coefficient (Wildman–Crippen LogP) is 4.34. The lowest BCUT2D eigenvalue weighted by atomic mass is 10.1. The van der Waals surface area contributed by atoms with Crippen molar-refractivity contribution in [2.75, 3.05) is 11.9 Å². The fourth-order valence-corrected chi connectivity index (χ4v) is 3.76. The number of rotatable bonds is 6. The van der Waals surface area contributed by atoms with E-state index in [1.807, 2.05) is 30.3 Å². The third kappa shape index (κ3) is 3.86. The highest BCUT2D eigenvalue weighted by molar-refractivity contribution is 7.18. The van der Waals surface area contributed by atoms with E-state index >= 15 is 0 Å². The van der Waals surface area contributed by atoms with Crippen molar-refractivity contribution < 1.29 is 23.6 Å². The van der Waals surface area contributed by atoms with Gasteiger partial charge in [0.2, 0.25) is 0 Å². The molecule has 28 heavy (non-hydrogen) atoms. The highest BCUT2D eigenvalue weighted by Gasteiger charge is 2.26. The molecule has 1 amide bonds. The number of nitrogens with zero attached hydrogens (tertiary/aromatic N) is 1. The molecule has 0 bridgehead atoms. The van der Waals surface area contributed by atoms with E-state index in [9.17, 15) is 14.4 Å². The van der Waals surface area contributed by atoms with Crippen LogP contribution in [-0.4, -0.2) is 29.4 Å². The van der Waals surface area contributed by atoms with Gasteiger partial charge in [-0.25, -0.2) is 4.79 Å². The molecule has 0 saturated carbocycles. The van der Waals surface area contributed by atoms with Crippen LogP contribution in [0, 0.1) is 6.92 Å². The minimum absolute atomic E-state index is 0.0593.